The van der Waals surface area contributed by atoms with Crippen molar-refractivity contribution in [1.82, 2.24) is 16.2 Å². The third kappa shape index (κ3) is 4.06. The first kappa shape index (κ1) is 21.1. The van der Waals surface area contributed by atoms with E-state index in [-0.39, 0.29) is 30.6 Å². The topological polar surface area (TPSA) is 99.3 Å². The predicted molar refractivity (Wildman–Crippen MR) is 113 cm³/mol. The number of amides is 1. The lowest BCUT2D eigenvalue weighted by molar-refractivity contribution is -0.131. The van der Waals surface area contributed by atoms with Crippen molar-refractivity contribution in [3.8, 4) is 28.7 Å². The van der Waals surface area contributed by atoms with Crippen LogP contribution < -0.4 is 39.9 Å². The summed E-state index contributed by atoms with van der Waals surface area (Å²) in [4.78, 5) is 12.9. The van der Waals surface area contributed by atoms with Gasteiger partial charge < -0.3 is 29.0 Å². The average molecular weight is 429 g/mol. The third-order valence-corrected chi connectivity index (χ3v) is 5.54. The van der Waals surface area contributed by atoms with Gasteiger partial charge in [-0.2, -0.15) is 0 Å². The number of ether oxygens (including phenoxy) is 5. The minimum atomic E-state index is -0.742. The molecule has 4 unspecified atom stereocenters. The smallest absolute Gasteiger partial charge is 0.265 e. The molecule has 9 nitrogen and oxygen atoms in total. The molecule has 0 saturated carbocycles. The van der Waals surface area contributed by atoms with Gasteiger partial charge in [-0.15, -0.1) is 0 Å². The first-order chi connectivity index (χ1) is 15.0. The maximum absolute atomic E-state index is 12.9. The van der Waals surface area contributed by atoms with Crippen LogP contribution in [0.4, 0.5) is 0 Å². The second-order valence-corrected chi connectivity index (χ2v) is 7.41. The van der Waals surface area contributed by atoms with Crippen molar-refractivity contribution in [2.24, 2.45) is 0 Å². The number of carbonyl (C=O) groups is 1. The number of rotatable bonds is 6. The SMILES string of the molecule is COc1cc(C2C(C)NNC2NC(=O)C2COc3ccccc3O2)cc(OC)c1OC. The quantitative estimate of drug-likeness (QED) is 0.637. The van der Waals surface area contributed by atoms with Crippen molar-refractivity contribution in [3.63, 3.8) is 0 Å². The molecule has 0 aliphatic carbocycles. The fourth-order valence-electron chi connectivity index (χ4n) is 3.99. The van der Waals surface area contributed by atoms with Crippen molar-refractivity contribution in [2.75, 3.05) is 27.9 Å². The summed E-state index contributed by atoms with van der Waals surface area (Å²) in [5.74, 6) is 2.46. The third-order valence-electron chi connectivity index (χ3n) is 5.54. The molecule has 1 fully saturated rings. The molecule has 1 saturated heterocycles. The number of hydrogen-bond acceptors (Lipinski definition) is 8. The number of para-hydroxylation sites is 2. The highest BCUT2D eigenvalue weighted by Gasteiger charge is 2.38. The standard InChI is InChI=1S/C22H27N3O6/c1-12-19(13-9-16(27-2)20(29-4)17(10-13)28-3)21(25-24-12)23-22(26)18-11-30-14-7-5-6-8-15(14)31-18/h5-10,12,18-19,21,24-25H,11H2,1-4H3,(H,23,26). The Labute approximate surface area is 180 Å². The Hall–Kier alpha value is -3.17. The molecule has 3 N–H and O–H groups in total. The number of benzene rings is 2. The molecule has 0 radical (unpaired) electrons. The summed E-state index contributed by atoms with van der Waals surface area (Å²) in [6.07, 6.45) is -1.13. The Morgan fingerprint density at radius 1 is 1.03 bits per heavy atom. The minimum absolute atomic E-state index is 0.0253. The lowest BCUT2D eigenvalue weighted by Crippen LogP contribution is -2.52. The Bertz CT molecular complexity index is 928. The molecule has 9 heteroatoms. The van der Waals surface area contributed by atoms with E-state index in [0.29, 0.717) is 28.7 Å². The molecule has 166 valence electrons. The van der Waals surface area contributed by atoms with E-state index in [1.54, 1.807) is 27.4 Å². The number of methoxy groups -OCH3 is 3. The van der Waals surface area contributed by atoms with E-state index in [2.05, 4.69) is 16.2 Å². The molecule has 4 atom stereocenters. The fraction of sp³-hybridized carbons (Fsp3) is 0.409. The number of nitrogens with one attached hydrogen (secondary N) is 3. The number of fused-ring (bicyclic) bond motifs is 1. The van der Waals surface area contributed by atoms with Crippen molar-refractivity contribution < 1.29 is 28.5 Å². The molecule has 0 spiro atoms. The largest absolute Gasteiger partial charge is 0.493 e. The van der Waals surface area contributed by atoms with Crippen LogP contribution in [-0.2, 0) is 4.79 Å². The van der Waals surface area contributed by atoms with Gasteiger partial charge in [0.1, 0.15) is 12.8 Å². The monoisotopic (exact) mass is 429 g/mol. The normalized spacial score (nSPS) is 24.4. The second kappa shape index (κ2) is 8.91. The van der Waals surface area contributed by atoms with Crippen molar-refractivity contribution in [1.29, 1.82) is 0 Å². The minimum Gasteiger partial charge on any atom is -0.493 e. The summed E-state index contributed by atoms with van der Waals surface area (Å²) in [5, 5.41) is 3.03. The van der Waals surface area contributed by atoms with Crippen LogP contribution in [0.3, 0.4) is 0 Å². The summed E-state index contributed by atoms with van der Waals surface area (Å²) in [7, 11) is 4.72. The molecule has 0 bridgehead atoms. The Kier molecular flexibility index (Phi) is 6.06. The van der Waals surface area contributed by atoms with Crippen LogP contribution in [0, 0.1) is 0 Å². The van der Waals surface area contributed by atoms with Crippen LogP contribution in [0.5, 0.6) is 28.7 Å². The Balaban J connectivity index is 1.54. The first-order valence-corrected chi connectivity index (χ1v) is 10.1. The Morgan fingerprint density at radius 3 is 2.35 bits per heavy atom. The summed E-state index contributed by atoms with van der Waals surface area (Å²) in [5.41, 5.74) is 7.28. The molecule has 2 aliphatic heterocycles. The van der Waals surface area contributed by atoms with Crippen LogP contribution >= 0.6 is 0 Å². The van der Waals surface area contributed by atoms with Crippen LogP contribution in [-0.4, -0.2) is 52.2 Å². The molecule has 2 aromatic carbocycles. The molecule has 2 aromatic rings. The van der Waals surface area contributed by atoms with Gasteiger partial charge in [-0.25, -0.2) is 5.43 Å². The van der Waals surface area contributed by atoms with E-state index in [9.17, 15) is 4.79 Å². The predicted octanol–water partition coefficient (Wildman–Crippen LogP) is 1.57. The van der Waals surface area contributed by atoms with Gasteiger partial charge in [-0.3, -0.25) is 10.2 Å². The van der Waals surface area contributed by atoms with Crippen molar-refractivity contribution >= 4 is 5.91 Å². The molecule has 1 amide bonds. The van der Waals surface area contributed by atoms with Gasteiger partial charge >= 0.3 is 0 Å². The molecule has 2 heterocycles. The zero-order valence-corrected chi connectivity index (χ0v) is 17.9. The summed E-state index contributed by atoms with van der Waals surface area (Å²) in [6, 6.07) is 11.1. The van der Waals surface area contributed by atoms with E-state index in [1.165, 1.54) is 0 Å². The second-order valence-electron chi connectivity index (χ2n) is 7.41. The molecule has 31 heavy (non-hydrogen) atoms. The number of hydrogen-bond donors (Lipinski definition) is 3. The van der Waals surface area contributed by atoms with E-state index in [1.807, 2.05) is 37.3 Å². The summed E-state index contributed by atoms with van der Waals surface area (Å²) in [6.45, 7) is 2.18. The molecular weight excluding hydrogens is 402 g/mol. The highest BCUT2D eigenvalue weighted by Crippen LogP contribution is 2.41. The lowest BCUT2D eigenvalue weighted by Gasteiger charge is -2.28. The zero-order valence-electron chi connectivity index (χ0n) is 17.9. The van der Waals surface area contributed by atoms with E-state index >= 15 is 0 Å². The molecule has 4 rings (SSSR count). The number of carbonyl (C=O) groups excluding carboxylic acids is 1. The van der Waals surface area contributed by atoms with Crippen LogP contribution in [0.2, 0.25) is 0 Å². The van der Waals surface area contributed by atoms with Gasteiger partial charge in [0, 0.05) is 12.0 Å². The molecule has 2 aliphatic rings. The molecule has 0 aromatic heterocycles. The van der Waals surface area contributed by atoms with Gasteiger partial charge in [0.05, 0.1) is 21.3 Å². The first-order valence-electron chi connectivity index (χ1n) is 10.1. The van der Waals surface area contributed by atoms with Crippen LogP contribution in [0.15, 0.2) is 36.4 Å². The van der Waals surface area contributed by atoms with E-state index in [0.717, 1.165) is 5.56 Å². The lowest BCUT2D eigenvalue weighted by atomic mass is 9.90. The fourth-order valence-corrected chi connectivity index (χ4v) is 3.99. The molecular formula is C22H27N3O6. The number of hydrazine groups is 1. The van der Waals surface area contributed by atoms with Crippen LogP contribution in [0.1, 0.15) is 18.4 Å². The van der Waals surface area contributed by atoms with Crippen molar-refractivity contribution in [2.45, 2.75) is 31.2 Å². The van der Waals surface area contributed by atoms with Gasteiger partial charge in [0.15, 0.2) is 23.0 Å². The van der Waals surface area contributed by atoms with E-state index in [4.69, 9.17) is 23.7 Å². The maximum atomic E-state index is 12.9. The van der Waals surface area contributed by atoms with Gasteiger partial charge in [-0.05, 0) is 36.8 Å². The van der Waals surface area contributed by atoms with Crippen molar-refractivity contribution in [3.05, 3.63) is 42.0 Å². The zero-order chi connectivity index (χ0) is 22.0. The summed E-state index contributed by atoms with van der Waals surface area (Å²) < 4.78 is 27.9. The Morgan fingerprint density at radius 2 is 1.71 bits per heavy atom. The van der Waals surface area contributed by atoms with Gasteiger partial charge in [0.25, 0.3) is 5.91 Å². The highest BCUT2D eigenvalue weighted by atomic mass is 16.6. The maximum Gasteiger partial charge on any atom is 0.265 e. The van der Waals surface area contributed by atoms with Gasteiger partial charge in [-0.1, -0.05) is 12.1 Å². The summed E-state index contributed by atoms with van der Waals surface area (Å²) >= 11 is 0. The average Bonchev–Trinajstić information content (AvgIpc) is 3.17. The highest BCUT2D eigenvalue weighted by molar-refractivity contribution is 5.82. The van der Waals surface area contributed by atoms with E-state index < -0.39 is 6.10 Å². The van der Waals surface area contributed by atoms with Crippen LogP contribution in [0.25, 0.3) is 0 Å². The van der Waals surface area contributed by atoms with Gasteiger partial charge in [0.2, 0.25) is 11.9 Å².